The molecule has 2 aromatic carbocycles. The molecule has 3 aromatic heterocycles. The Kier molecular flexibility index (Phi) is 6.46. The maximum Gasteiger partial charge on any atom is 0.164 e. The lowest BCUT2D eigenvalue weighted by atomic mass is 9.90. The van der Waals surface area contributed by atoms with Gasteiger partial charge in [-0.3, -0.25) is 4.90 Å². The molecule has 1 saturated carbocycles. The fourth-order valence-electron chi connectivity index (χ4n) is 6.43. The number of benzene rings is 2. The Hall–Kier alpha value is -3.46. The molecule has 0 atom stereocenters. The first-order valence-corrected chi connectivity index (χ1v) is 14.2. The van der Waals surface area contributed by atoms with Gasteiger partial charge in [-0.15, -0.1) is 0 Å². The van der Waals surface area contributed by atoms with Gasteiger partial charge in [0, 0.05) is 53.4 Å². The maximum atomic E-state index is 6.48. The fraction of sp³-hybridized carbons (Fsp3) is 0.367. The largest absolute Gasteiger partial charge is 0.383 e. The van der Waals surface area contributed by atoms with Crippen LogP contribution < -0.4 is 5.73 Å². The van der Waals surface area contributed by atoms with Crippen molar-refractivity contribution in [2.75, 3.05) is 32.0 Å². The van der Waals surface area contributed by atoms with Crippen molar-refractivity contribution in [3.63, 3.8) is 0 Å². The number of hydrogen-bond donors (Lipinski definition) is 1. The van der Waals surface area contributed by atoms with Gasteiger partial charge in [0.15, 0.2) is 5.65 Å². The molecule has 5 aromatic rings. The molecule has 200 valence electrons. The topological polar surface area (TPSA) is 87.0 Å². The van der Waals surface area contributed by atoms with E-state index in [1.54, 1.807) is 6.33 Å². The van der Waals surface area contributed by atoms with Crippen LogP contribution in [0.25, 0.3) is 33.2 Å². The van der Waals surface area contributed by atoms with Crippen LogP contribution >= 0.6 is 11.6 Å². The third kappa shape index (κ3) is 4.46. The van der Waals surface area contributed by atoms with Gasteiger partial charge in [0.1, 0.15) is 17.8 Å². The molecule has 1 aliphatic carbocycles. The highest BCUT2D eigenvalue weighted by molar-refractivity contribution is 6.31. The Balaban J connectivity index is 1.25. The van der Waals surface area contributed by atoms with Crippen LogP contribution in [0, 0.1) is 0 Å². The smallest absolute Gasteiger partial charge is 0.164 e. The van der Waals surface area contributed by atoms with Crippen LogP contribution in [0.4, 0.5) is 5.82 Å². The highest BCUT2D eigenvalue weighted by Gasteiger charge is 2.30. The van der Waals surface area contributed by atoms with Crippen LogP contribution in [0.5, 0.6) is 0 Å². The highest BCUT2D eigenvalue weighted by Crippen LogP contribution is 2.39. The van der Waals surface area contributed by atoms with E-state index in [1.807, 2.05) is 18.2 Å². The summed E-state index contributed by atoms with van der Waals surface area (Å²) in [5.74, 6) is 0.468. The van der Waals surface area contributed by atoms with E-state index in [4.69, 9.17) is 27.2 Å². The fourth-order valence-corrected chi connectivity index (χ4v) is 6.62. The number of halogens is 1. The second-order valence-electron chi connectivity index (χ2n) is 10.6. The summed E-state index contributed by atoms with van der Waals surface area (Å²) in [6, 6.07) is 17.4. The summed E-state index contributed by atoms with van der Waals surface area (Å²) in [7, 11) is 0. The Morgan fingerprint density at radius 3 is 2.54 bits per heavy atom. The lowest BCUT2D eigenvalue weighted by Gasteiger charge is -2.38. The molecule has 1 aliphatic heterocycles. The van der Waals surface area contributed by atoms with Gasteiger partial charge in [-0.1, -0.05) is 41.9 Å². The molecule has 0 unspecified atom stereocenters. The number of nitrogens with zero attached hydrogens (tertiary/aromatic N) is 6. The van der Waals surface area contributed by atoms with Crippen LogP contribution in [-0.4, -0.2) is 61.6 Å². The predicted octanol–water partition coefficient (Wildman–Crippen LogP) is 5.55. The van der Waals surface area contributed by atoms with Crippen molar-refractivity contribution >= 4 is 39.4 Å². The molecule has 0 bridgehead atoms. The zero-order valence-electron chi connectivity index (χ0n) is 21.8. The van der Waals surface area contributed by atoms with Crippen molar-refractivity contribution < 1.29 is 4.74 Å². The zero-order valence-corrected chi connectivity index (χ0v) is 22.6. The van der Waals surface area contributed by atoms with Crippen molar-refractivity contribution in [1.82, 2.24) is 29.2 Å². The van der Waals surface area contributed by atoms with Crippen LogP contribution in [0.1, 0.15) is 37.3 Å². The number of nitrogens with two attached hydrogens (primary N) is 1. The lowest BCUT2D eigenvalue weighted by molar-refractivity contribution is 0.00520. The van der Waals surface area contributed by atoms with Gasteiger partial charge in [-0.25, -0.2) is 14.6 Å². The molecule has 4 heterocycles. The van der Waals surface area contributed by atoms with Gasteiger partial charge in [-0.05, 0) is 49.4 Å². The van der Waals surface area contributed by atoms with Gasteiger partial charge >= 0.3 is 0 Å². The van der Waals surface area contributed by atoms with Gasteiger partial charge < -0.3 is 15.0 Å². The number of nitrogen functional groups attached to an aromatic ring is 1. The van der Waals surface area contributed by atoms with Crippen LogP contribution in [0.2, 0.25) is 5.02 Å². The molecule has 1 saturated heterocycles. The number of ether oxygens (including phenoxy) is 1. The average Bonchev–Trinajstić information content (AvgIpc) is 3.57. The van der Waals surface area contributed by atoms with E-state index in [2.05, 4.69) is 60.6 Å². The SMILES string of the molecule is Nc1ncnc2c1c(-c1cccc3c1ccn3Cc1ccccc1Cl)nn2C1CCC(N2CCOCC2)CC1. The first-order chi connectivity index (χ1) is 19.2. The van der Waals surface area contributed by atoms with E-state index >= 15 is 0 Å². The Labute approximate surface area is 232 Å². The average molecular weight is 542 g/mol. The maximum absolute atomic E-state index is 6.48. The quantitative estimate of drug-likeness (QED) is 0.314. The molecule has 0 amide bonds. The Morgan fingerprint density at radius 1 is 0.923 bits per heavy atom. The summed E-state index contributed by atoms with van der Waals surface area (Å²) in [5.41, 5.74) is 11.4. The number of hydrogen-bond acceptors (Lipinski definition) is 6. The summed E-state index contributed by atoms with van der Waals surface area (Å²) in [6.45, 7) is 4.45. The van der Waals surface area contributed by atoms with Gasteiger partial charge in [0.25, 0.3) is 0 Å². The summed E-state index contributed by atoms with van der Waals surface area (Å²) in [4.78, 5) is 11.6. The number of anilines is 1. The second kappa shape index (κ2) is 10.3. The summed E-state index contributed by atoms with van der Waals surface area (Å²) < 4.78 is 9.91. The number of fused-ring (bicyclic) bond motifs is 2. The minimum Gasteiger partial charge on any atom is -0.383 e. The van der Waals surface area contributed by atoms with Crippen LogP contribution in [0.15, 0.2) is 61.1 Å². The molecule has 9 heteroatoms. The normalized spacial score (nSPS) is 20.6. The Morgan fingerprint density at radius 2 is 1.72 bits per heavy atom. The van der Waals surface area contributed by atoms with E-state index in [1.165, 1.54) is 0 Å². The molecule has 8 nitrogen and oxygen atoms in total. The van der Waals surface area contributed by atoms with E-state index in [0.29, 0.717) is 18.4 Å². The van der Waals surface area contributed by atoms with E-state index < -0.39 is 0 Å². The number of aromatic nitrogens is 5. The molecule has 2 aliphatic rings. The Bertz CT molecular complexity index is 1630. The summed E-state index contributed by atoms with van der Waals surface area (Å²) in [6.07, 6.45) is 8.12. The first-order valence-electron chi connectivity index (χ1n) is 13.8. The van der Waals surface area contributed by atoms with Crippen molar-refractivity contribution in [3.05, 3.63) is 71.6 Å². The zero-order chi connectivity index (χ0) is 26.3. The summed E-state index contributed by atoms with van der Waals surface area (Å²) in [5, 5.41) is 7.93. The van der Waals surface area contributed by atoms with E-state index in [-0.39, 0.29) is 6.04 Å². The third-order valence-electron chi connectivity index (χ3n) is 8.46. The highest BCUT2D eigenvalue weighted by atomic mass is 35.5. The molecule has 2 N–H and O–H groups in total. The standard InChI is InChI=1S/C30H32ClN7O/c31-25-6-2-1-4-20(25)18-37-13-12-23-24(5-3-7-26(23)37)28-27-29(32)33-19-34-30(27)38(35-28)22-10-8-21(9-11-22)36-14-16-39-17-15-36/h1-7,12-13,19,21-22H,8-11,14-18H2,(H2,32,33,34). The van der Waals surface area contributed by atoms with E-state index in [0.717, 1.165) is 95.8 Å². The second-order valence-corrected chi connectivity index (χ2v) is 11.0. The monoisotopic (exact) mass is 541 g/mol. The van der Waals surface area contributed by atoms with Crippen molar-refractivity contribution in [2.24, 2.45) is 0 Å². The third-order valence-corrected chi connectivity index (χ3v) is 8.83. The molecule has 0 spiro atoms. The van der Waals surface area contributed by atoms with Gasteiger partial charge in [0.2, 0.25) is 0 Å². The lowest BCUT2D eigenvalue weighted by Crippen LogP contribution is -2.45. The number of morpholine rings is 1. The van der Waals surface area contributed by atoms with Crippen LogP contribution in [0.3, 0.4) is 0 Å². The van der Waals surface area contributed by atoms with Crippen molar-refractivity contribution in [3.8, 4) is 11.3 Å². The summed E-state index contributed by atoms with van der Waals surface area (Å²) >= 11 is 6.47. The van der Waals surface area contributed by atoms with Gasteiger partial charge in [-0.2, -0.15) is 5.10 Å². The first kappa shape index (κ1) is 24.6. The predicted molar refractivity (Wildman–Crippen MR) is 155 cm³/mol. The van der Waals surface area contributed by atoms with Crippen molar-refractivity contribution in [1.29, 1.82) is 0 Å². The molecule has 2 fully saturated rings. The molecule has 0 radical (unpaired) electrons. The van der Waals surface area contributed by atoms with Gasteiger partial charge in [0.05, 0.1) is 24.6 Å². The molecular formula is C30H32ClN7O. The minimum atomic E-state index is 0.289. The van der Waals surface area contributed by atoms with E-state index in [9.17, 15) is 0 Å². The molecular weight excluding hydrogens is 510 g/mol. The molecule has 7 rings (SSSR count). The minimum absolute atomic E-state index is 0.289. The van der Waals surface area contributed by atoms with Crippen molar-refractivity contribution in [2.45, 2.75) is 44.3 Å². The molecule has 39 heavy (non-hydrogen) atoms. The number of rotatable bonds is 5. The van der Waals surface area contributed by atoms with Crippen LogP contribution in [-0.2, 0) is 11.3 Å².